The molecule has 1 saturated heterocycles. The molecule has 2 atom stereocenters. The molecule has 1 aliphatic heterocycles. The molecule has 0 unspecified atom stereocenters. The molecule has 52 heavy (non-hydrogen) atoms. The molecule has 0 spiro atoms. The number of aliphatic carboxylic acids is 1. The number of nitrogens with zero attached hydrogens (tertiary/aromatic N) is 4. The number of carboxylic acids is 1. The van der Waals surface area contributed by atoms with Crippen LogP contribution in [0.3, 0.4) is 0 Å². The van der Waals surface area contributed by atoms with Gasteiger partial charge in [-0.15, -0.1) is 11.8 Å². The predicted molar refractivity (Wildman–Crippen MR) is 174 cm³/mol. The van der Waals surface area contributed by atoms with E-state index in [1.54, 1.807) is 25.2 Å². The molecule has 0 saturated carbocycles. The van der Waals surface area contributed by atoms with Crippen LogP contribution in [0.2, 0.25) is 0 Å². The third kappa shape index (κ3) is 12.6. The van der Waals surface area contributed by atoms with Gasteiger partial charge in [0.1, 0.15) is 30.1 Å². The number of carbonyl (C=O) groups excluding carboxylic acids is 3. The fraction of sp³-hybridized carbons (Fsp3) is 0.371. The molecule has 2 heterocycles. The van der Waals surface area contributed by atoms with Crippen LogP contribution >= 0.6 is 11.8 Å². The number of ether oxygens (including phenoxy) is 4. The molecule has 1 fully saturated rings. The van der Waals surface area contributed by atoms with E-state index in [1.807, 2.05) is 6.07 Å². The maximum absolute atomic E-state index is 15.6. The summed E-state index contributed by atoms with van der Waals surface area (Å²) in [6, 6.07) is 8.98. The summed E-state index contributed by atoms with van der Waals surface area (Å²) in [4.78, 5) is 39.5. The number of hydrogen-bond donors (Lipinski definition) is 0. The molecule has 0 bridgehead atoms. The number of nitriles is 1. The monoisotopic (exact) mass is 750 g/mol. The van der Waals surface area contributed by atoms with Crippen LogP contribution in [-0.4, -0.2) is 69.3 Å². The third-order valence-corrected chi connectivity index (χ3v) is 9.04. The van der Waals surface area contributed by atoms with Crippen molar-refractivity contribution >= 4 is 35.7 Å². The van der Waals surface area contributed by atoms with E-state index in [9.17, 15) is 28.3 Å². The minimum absolute atomic E-state index is 0. The molecular formula is C35H34F3N4NaO8S. The Morgan fingerprint density at radius 1 is 1.10 bits per heavy atom. The second-order valence-electron chi connectivity index (χ2n) is 11.3. The maximum atomic E-state index is 15.6. The van der Waals surface area contributed by atoms with Crippen LogP contribution in [0, 0.1) is 28.8 Å². The molecule has 2 aromatic carbocycles. The van der Waals surface area contributed by atoms with Crippen LogP contribution < -0.4 is 34.7 Å². The van der Waals surface area contributed by atoms with Crippen LogP contribution in [0.5, 0.6) is 0 Å². The molecule has 3 aromatic rings. The average Bonchev–Trinajstić information content (AvgIpc) is 3.61. The summed E-state index contributed by atoms with van der Waals surface area (Å²) in [5.74, 6) is -5.25. The predicted octanol–water partition coefficient (Wildman–Crippen LogP) is 0.996. The van der Waals surface area contributed by atoms with E-state index in [-0.39, 0.29) is 91.6 Å². The van der Waals surface area contributed by atoms with Crippen molar-refractivity contribution in [2.24, 2.45) is 0 Å². The van der Waals surface area contributed by atoms with E-state index in [2.05, 4.69) is 10.1 Å². The molecule has 0 N–H and O–H groups in total. The largest absolute Gasteiger partial charge is 1.00 e. The number of rotatable bonds is 17. The van der Waals surface area contributed by atoms with Crippen molar-refractivity contribution in [1.29, 1.82) is 5.26 Å². The summed E-state index contributed by atoms with van der Waals surface area (Å²) in [6.07, 6.45) is 7.21. The van der Waals surface area contributed by atoms with Gasteiger partial charge in [0.15, 0.2) is 11.9 Å². The summed E-state index contributed by atoms with van der Waals surface area (Å²) in [7, 11) is 0. The molecular weight excluding hydrogens is 716 g/mol. The first-order valence-corrected chi connectivity index (χ1v) is 16.7. The van der Waals surface area contributed by atoms with E-state index in [1.165, 1.54) is 53.4 Å². The van der Waals surface area contributed by atoms with Crippen LogP contribution in [0.1, 0.15) is 49.3 Å². The van der Waals surface area contributed by atoms with E-state index in [4.69, 9.17) is 24.2 Å². The minimum Gasteiger partial charge on any atom is -0.550 e. The Hall–Kier alpha value is -3.98. The minimum atomic E-state index is -1.75. The van der Waals surface area contributed by atoms with E-state index < -0.39 is 58.9 Å². The zero-order valence-corrected chi connectivity index (χ0v) is 31.2. The Morgan fingerprint density at radius 3 is 2.52 bits per heavy atom. The van der Waals surface area contributed by atoms with Gasteiger partial charge in [-0.25, -0.2) is 22.8 Å². The first-order valence-electron chi connectivity index (χ1n) is 15.8. The molecule has 0 amide bonds. The number of allylic oxidation sites excluding steroid dienone is 2. The standard InChI is InChI=1S/C35H35F3N4O8S.Na/c1-23(51-27-18-48-34(49-19-27)7-3-2-5-25-9-8-24(17-39)15-29(25)37)35(20-42-22-40-21-41-42,28-11-10-26(36)16-30(28)38)50-33(46)6-4-14-47-32(45)13-12-31(43)44;/h2-3,5,7-11,15-16,21-23,27,34H,4,6,12-14,18-20H2,1H3,(H,43,44);/q;+1/p-1/b5-2+,7-3+;/t23-,27-,34-,35-;/m1./s1. The molecule has 0 radical (unpaired) electrons. The second-order valence-corrected chi connectivity index (χ2v) is 13.0. The van der Waals surface area contributed by atoms with Crippen molar-refractivity contribution in [2.45, 2.75) is 61.5 Å². The summed E-state index contributed by atoms with van der Waals surface area (Å²) in [6.45, 7) is 1.72. The molecule has 1 aromatic heterocycles. The van der Waals surface area contributed by atoms with Crippen LogP contribution in [0.4, 0.5) is 13.2 Å². The molecule has 12 nitrogen and oxygen atoms in total. The van der Waals surface area contributed by atoms with Crippen molar-refractivity contribution in [3.63, 3.8) is 0 Å². The quantitative estimate of drug-likeness (QED) is 0.0833. The van der Waals surface area contributed by atoms with Crippen LogP contribution in [0.25, 0.3) is 6.08 Å². The Balaban J connectivity index is 0.00000729. The topological polar surface area (TPSA) is 166 Å². The molecule has 270 valence electrons. The van der Waals surface area contributed by atoms with Crippen molar-refractivity contribution in [2.75, 3.05) is 19.8 Å². The number of halogens is 3. The van der Waals surface area contributed by atoms with Gasteiger partial charge in [0.25, 0.3) is 0 Å². The van der Waals surface area contributed by atoms with Crippen molar-refractivity contribution in [3.8, 4) is 6.07 Å². The van der Waals surface area contributed by atoms with Gasteiger partial charge in [0.05, 0.1) is 49.7 Å². The Bertz CT molecular complexity index is 1770. The zero-order valence-electron chi connectivity index (χ0n) is 28.4. The van der Waals surface area contributed by atoms with Crippen molar-refractivity contribution in [1.82, 2.24) is 14.8 Å². The number of benzene rings is 2. The Kier molecular flexibility index (Phi) is 17.1. The van der Waals surface area contributed by atoms with Gasteiger partial charge < -0.3 is 28.8 Å². The van der Waals surface area contributed by atoms with Crippen molar-refractivity contribution in [3.05, 3.63) is 101 Å². The average molecular weight is 751 g/mol. The molecule has 1 aliphatic rings. The number of carbonyl (C=O) groups is 3. The number of aromatic nitrogens is 3. The first-order chi connectivity index (χ1) is 24.5. The zero-order chi connectivity index (χ0) is 36.8. The smallest absolute Gasteiger partial charge is 0.550 e. The van der Waals surface area contributed by atoms with Crippen LogP contribution in [0.15, 0.2) is 67.3 Å². The van der Waals surface area contributed by atoms with Gasteiger partial charge in [-0.2, -0.15) is 10.4 Å². The normalized spacial score (nSPS) is 17.5. The van der Waals surface area contributed by atoms with Gasteiger partial charge in [-0.3, -0.25) is 9.59 Å². The summed E-state index contributed by atoms with van der Waals surface area (Å²) < 4.78 is 67.9. The maximum Gasteiger partial charge on any atom is 1.00 e. The van der Waals surface area contributed by atoms with Crippen molar-refractivity contribution < 1.29 is 81.2 Å². The summed E-state index contributed by atoms with van der Waals surface area (Å²) in [5.41, 5.74) is -1.34. The molecule has 0 aliphatic carbocycles. The number of esters is 2. The van der Waals surface area contributed by atoms with E-state index >= 15 is 4.39 Å². The fourth-order valence-corrected chi connectivity index (χ4v) is 6.42. The number of thioether (sulfide) groups is 1. The van der Waals surface area contributed by atoms with Gasteiger partial charge in [0, 0.05) is 34.8 Å². The number of carboxylic acid groups (broad SMARTS) is 1. The fourth-order valence-electron chi connectivity index (χ4n) is 5.06. The summed E-state index contributed by atoms with van der Waals surface area (Å²) >= 11 is 1.30. The van der Waals surface area contributed by atoms with Crippen LogP contribution in [-0.2, 0) is 45.5 Å². The van der Waals surface area contributed by atoms with E-state index in [0.717, 1.165) is 12.1 Å². The van der Waals surface area contributed by atoms with Gasteiger partial charge in [0.2, 0.25) is 0 Å². The second kappa shape index (κ2) is 20.9. The summed E-state index contributed by atoms with van der Waals surface area (Å²) in [5, 5.41) is 22.6. The van der Waals surface area contributed by atoms with Gasteiger partial charge in [-0.1, -0.05) is 24.3 Å². The van der Waals surface area contributed by atoms with Gasteiger partial charge in [-0.05, 0) is 50.1 Å². The SMILES string of the molecule is C[C@@H](S[C@H]1CO[C@H](/C=C/C=C/c2ccc(C#N)cc2F)OC1)[C@@](Cn1cncn1)(OC(=O)CCCOC(=O)CCC(=O)[O-])c1ccc(F)cc1F.[Na+]. The molecule has 17 heteroatoms. The Morgan fingerprint density at radius 2 is 1.87 bits per heavy atom. The molecule has 4 rings (SSSR count). The Labute approximate surface area is 324 Å². The van der Waals surface area contributed by atoms with E-state index in [0.29, 0.717) is 11.6 Å². The number of hydrogen-bond acceptors (Lipinski definition) is 12. The third-order valence-electron chi connectivity index (χ3n) is 7.60. The van der Waals surface area contributed by atoms with Gasteiger partial charge >= 0.3 is 41.5 Å². The first kappa shape index (κ1) is 42.4.